The van der Waals surface area contributed by atoms with Crippen LogP contribution in [-0.4, -0.2) is 28.9 Å². The van der Waals surface area contributed by atoms with Crippen LogP contribution < -0.4 is 16.2 Å². The first-order valence-corrected chi connectivity index (χ1v) is 6.67. The second kappa shape index (κ2) is 6.02. The lowest BCUT2D eigenvalue weighted by atomic mass is 10.1. The van der Waals surface area contributed by atoms with E-state index in [4.69, 9.17) is 5.84 Å². The summed E-state index contributed by atoms with van der Waals surface area (Å²) < 4.78 is 1.88. The summed E-state index contributed by atoms with van der Waals surface area (Å²) in [4.78, 5) is 6.40. The highest BCUT2D eigenvalue weighted by molar-refractivity contribution is 5.47. The van der Waals surface area contributed by atoms with Gasteiger partial charge in [0.2, 0.25) is 0 Å². The molecule has 0 aliphatic carbocycles. The number of nitrogens with two attached hydrogens (primary N) is 1. The Labute approximate surface area is 119 Å². The second-order valence-corrected chi connectivity index (χ2v) is 5.24. The average molecular weight is 274 g/mol. The third-order valence-electron chi connectivity index (χ3n) is 3.26. The molecule has 0 spiro atoms. The van der Waals surface area contributed by atoms with Gasteiger partial charge in [0, 0.05) is 25.8 Å². The summed E-state index contributed by atoms with van der Waals surface area (Å²) in [5.74, 6) is 6.54. The van der Waals surface area contributed by atoms with Crippen LogP contribution in [0.15, 0.2) is 30.6 Å². The molecule has 6 heteroatoms. The number of hydrogen-bond donors (Lipinski definition) is 2. The zero-order valence-electron chi connectivity index (χ0n) is 12.4. The van der Waals surface area contributed by atoms with E-state index in [0.717, 1.165) is 17.1 Å². The number of rotatable bonds is 5. The minimum atomic E-state index is -0.170. The normalized spacial score (nSPS) is 12.7. The number of hydrogen-bond acceptors (Lipinski definition) is 5. The second-order valence-electron chi connectivity index (χ2n) is 5.24. The van der Waals surface area contributed by atoms with Crippen LogP contribution in [0.25, 0.3) is 0 Å². The van der Waals surface area contributed by atoms with Gasteiger partial charge in [-0.3, -0.25) is 5.84 Å². The molecule has 20 heavy (non-hydrogen) atoms. The molecule has 0 amide bonds. The molecule has 1 unspecified atom stereocenters. The zero-order valence-corrected chi connectivity index (χ0v) is 12.4. The van der Waals surface area contributed by atoms with Crippen molar-refractivity contribution in [3.05, 3.63) is 42.0 Å². The van der Waals surface area contributed by atoms with Gasteiger partial charge in [0.05, 0.1) is 0 Å². The topological polar surface area (TPSA) is 72.0 Å². The van der Waals surface area contributed by atoms with E-state index in [9.17, 15) is 0 Å². The number of aromatic nitrogens is 3. The van der Waals surface area contributed by atoms with Gasteiger partial charge >= 0.3 is 0 Å². The van der Waals surface area contributed by atoms with Gasteiger partial charge in [-0.05, 0) is 31.5 Å². The van der Waals surface area contributed by atoms with Gasteiger partial charge in [-0.1, -0.05) is 12.1 Å². The summed E-state index contributed by atoms with van der Waals surface area (Å²) in [6.07, 6.45) is 1.56. The van der Waals surface area contributed by atoms with E-state index in [1.807, 2.05) is 18.8 Å². The van der Waals surface area contributed by atoms with Crippen molar-refractivity contribution in [3.8, 4) is 0 Å². The molecule has 2 rings (SSSR count). The van der Waals surface area contributed by atoms with Gasteiger partial charge in [-0.25, -0.2) is 15.1 Å². The molecule has 1 aromatic heterocycles. The Balaban J connectivity index is 2.34. The first-order chi connectivity index (χ1) is 9.54. The van der Waals surface area contributed by atoms with Crippen molar-refractivity contribution in [2.24, 2.45) is 5.84 Å². The SMILES string of the molecule is CC(C)n1ncnc1C(NN)c1ccc(N(C)C)cc1. The number of nitrogens with one attached hydrogen (secondary N) is 1. The molecule has 6 nitrogen and oxygen atoms in total. The van der Waals surface area contributed by atoms with E-state index < -0.39 is 0 Å². The largest absolute Gasteiger partial charge is 0.378 e. The Morgan fingerprint density at radius 3 is 2.35 bits per heavy atom. The molecule has 0 saturated heterocycles. The molecule has 0 saturated carbocycles. The van der Waals surface area contributed by atoms with Gasteiger partial charge in [0.1, 0.15) is 18.2 Å². The average Bonchev–Trinajstić information content (AvgIpc) is 2.89. The smallest absolute Gasteiger partial charge is 0.150 e. The van der Waals surface area contributed by atoms with E-state index in [0.29, 0.717) is 0 Å². The van der Waals surface area contributed by atoms with Crippen molar-refractivity contribution in [3.63, 3.8) is 0 Å². The zero-order chi connectivity index (χ0) is 14.7. The van der Waals surface area contributed by atoms with Crippen LogP contribution in [-0.2, 0) is 0 Å². The fourth-order valence-electron chi connectivity index (χ4n) is 2.15. The Morgan fingerprint density at radius 1 is 1.20 bits per heavy atom. The van der Waals surface area contributed by atoms with E-state index in [2.05, 4.69) is 58.5 Å². The summed E-state index contributed by atoms with van der Waals surface area (Å²) in [6.45, 7) is 4.14. The van der Waals surface area contributed by atoms with Crippen molar-refractivity contribution in [1.29, 1.82) is 0 Å². The molecule has 0 fully saturated rings. The quantitative estimate of drug-likeness (QED) is 0.638. The fraction of sp³-hybridized carbons (Fsp3) is 0.429. The molecule has 1 atom stereocenters. The third kappa shape index (κ3) is 2.81. The van der Waals surface area contributed by atoms with E-state index >= 15 is 0 Å². The van der Waals surface area contributed by atoms with Crippen LogP contribution in [0.2, 0.25) is 0 Å². The third-order valence-corrected chi connectivity index (χ3v) is 3.26. The Morgan fingerprint density at radius 2 is 1.85 bits per heavy atom. The van der Waals surface area contributed by atoms with Gasteiger partial charge in [0.15, 0.2) is 0 Å². The van der Waals surface area contributed by atoms with Crippen LogP contribution in [0.5, 0.6) is 0 Å². The molecule has 0 radical (unpaired) electrons. The van der Waals surface area contributed by atoms with Crippen molar-refractivity contribution in [2.45, 2.75) is 25.9 Å². The molecular weight excluding hydrogens is 252 g/mol. The maximum absolute atomic E-state index is 5.72. The molecule has 1 aromatic carbocycles. The van der Waals surface area contributed by atoms with Crippen molar-refractivity contribution in [1.82, 2.24) is 20.2 Å². The standard InChI is InChI=1S/C14H22N6/c1-10(2)20-14(16-9-17-20)13(18-15)11-5-7-12(8-6-11)19(3)4/h5-10,13,18H,15H2,1-4H3. The highest BCUT2D eigenvalue weighted by Gasteiger charge is 2.20. The molecule has 1 heterocycles. The van der Waals surface area contributed by atoms with Crippen LogP contribution in [0, 0.1) is 0 Å². The van der Waals surface area contributed by atoms with E-state index in [1.54, 1.807) is 6.33 Å². The predicted octanol–water partition coefficient (Wildman–Crippen LogP) is 1.48. The fourth-order valence-corrected chi connectivity index (χ4v) is 2.15. The number of benzene rings is 1. The highest BCUT2D eigenvalue weighted by Crippen LogP contribution is 2.23. The maximum atomic E-state index is 5.72. The molecular formula is C14H22N6. The monoisotopic (exact) mass is 274 g/mol. The first kappa shape index (κ1) is 14.5. The minimum absolute atomic E-state index is 0.170. The summed E-state index contributed by atoms with van der Waals surface area (Å²) in [5.41, 5.74) is 5.04. The van der Waals surface area contributed by atoms with Crippen molar-refractivity contribution < 1.29 is 0 Å². The van der Waals surface area contributed by atoms with E-state index in [1.165, 1.54) is 0 Å². The van der Waals surface area contributed by atoms with Crippen LogP contribution >= 0.6 is 0 Å². The molecule has 0 aliphatic heterocycles. The molecule has 0 aliphatic rings. The Kier molecular flexibility index (Phi) is 4.36. The minimum Gasteiger partial charge on any atom is -0.378 e. The summed E-state index contributed by atoms with van der Waals surface area (Å²) >= 11 is 0. The van der Waals surface area contributed by atoms with Gasteiger partial charge in [-0.15, -0.1) is 0 Å². The van der Waals surface area contributed by atoms with Crippen molar-refractivity contribution in [2.75, 3.05) is 19.0 Å². The van der Waals surface area contributed by atoms with Crippen LogP contribution in [0.4, 0.5) is 5.69 Å². The highest BCUT2D eigenvalue weighted by atomic mass is 15.4. The predicted molar refractivity (Wildman–Crippen MR) is 80.3 cm³/mol. The summed E-state index contributed by atoms with van der Waals surface area (Å²) in [7, 11) is 4.03. The van der Waals surface area contributed by atoms with Gasteiger partial charge in [-0.2, -0.15) is 5.10 Å². The first-order valence-electron chi connectivity index (χ1n) is 6.67. The lowest BCUT2D eigenvalue weighted by Crippen LogP contribution is -2.31. The van der Waals surface area contributed by atoms with Crippen LogP contribution in [0.1, 0.15) is 37.3 Å². The molecule has 0 bridgehead atoms. The number of nitrogens with zero attached hydrogens (tertiary/aromatic N) is 4. The van der Waals surface area contributed by atoms with E-state index in [-0.39, 0.29) is 12.1 Å². The van der Waals surface area contributed by atoms with Crippen molar-refractivity contribution >= 4 is 5.69 Å². The molecule has 2 aromatic rings. The summed E-state index contributed by atoms with van der Waals surface area (Å²) in [5, 5.41) is 4.26. The Bertz CT molecular complexity index is 543. The number of anilines is 1. The number of hydrazine groups is 1. The molecule has 3 N–H and O–H groups in total. The Hall–Kier alpha value is -1.92. The van der Waals surface area contributed by atoms with Gasteiger partial charge in [0.25, 0.3) is 0 Å². The van der Waals surface area contributed by atoms with Crippen LogP contribution in [0.3, 0.4) is 0 Å². The molecule has 108 valence electrons. The summed E-state index contributed by atoms with van der Waals surface area (Å²) in [6, 6.07) is 8.31. The lowest BCUT2D eigenvalue weighted by molar-refractivity contribution is 0.469. The lowest BCUT2D eigenvalue weighted by Gasteiger charge is -2.19. The van der Waals surface area contributed by atoms with Gasteiger partial charge < -0.3 is 4.90 Å². The maximum Gasteiger partial charge on any atom is 0.150 e.